The standard InChI is InChI=1S/C16H14ClNO4/c1-8-3-4-9(2)14(13(8)16(21)22)18-12-7-10(17)5-6-11(12)15(19)20/h3-7,18H,1-2H3,(H,19,20)(H,21,22)/p-2. The smallest absolute Gasteiger partial charge is 0.0738 e. The van der Waals surface area contributed by atoms with Gasteiger partial charge in [0.05, 0.1) is 17.6 Å². The molecule has 6 heteroatoms. The summed E-state index contributed by atoms with van der Waals surface area (Å²) >= 11 is 5.88. The summed E-state index contributed by atoms with van der Waals surface area (Å²) in [7, 11) is 0. The molecule has 0 aromatic heterocycles. The zero-order valence-corrected chi connectivity index (χ0v) is 12.7. The van der Waals surface area contributed by atoms with Gasteiger partial charge in [-0.05, 0) is 43.2 Å². The Labute approximate surface area is 132 Å². The lowest BCUT2D eigenvalue weighted by molar-refractivity contribution is -0.256. The molecule has 0 radical (unpaired) electrons. The van der Waals surface area contributed by atoms with E-state index in [1.54, 1.807) is 26.0 Å². The van der Waals surface area contributed by atoms with Crippen molar-refractivity contribution in [1.82, 2.24) is 0 Å². The van der Waals surface area contributed by atoms with Crippen LogP contribution in [0.1, 0.15) is 31.8 Å². The van der Waals surface area contributed by atoms with Gasteiger partial charge in [0.15, 0.2) is 0 Å². The summed E-state index contributed by atoms with van der Waals surface area (Å²) in [4.78, 5) is 22.5. The summed E-state index contributed by atoms with van der Waals surface area (Å²) in [6, 6.07) is 7.49. The Hall–Kier alpha value is -2.53. The molecule has 0 unspecified atom stereocenters. The van der Waals surface area contributed by atoms with E-state index in [0.717, 1.165) is 0 Å². The first kappa shape index (κ1) is 15.9. The number of rotatable bonds is 4. The van der Waals surface area contributed by atoms with Crippen LogP contribution in [-0.2, 0) is 0 Å². The highest BCUT2D eigenvalue weighted by atomic mass is 35.5. The van der Waals surface area contributed by atoms with Crippen molar-refractivity contribution in [2.45, 2.75) is 13.8 Å². The number of carbonyl (C=O) groups excluding carboxylic acids is 2. The fraction of sp³-hybridized carbons (Fsp3) is 0.125. The number of anilines is 2. The van der Waals surface area contributed by atoms with Crippen LogP contribution < -0.4 is 15.5 Å². The minimum Gasteiger partial charge on any atom is -0.545 e. The number of hydrogen-bond acceptors (Lipinski definition) is 5. The van der Waals surface area contributed by atoms with Crippen LogP contribution in [0, 0.1) is 13.8 Å². The Morgan fingerprint density at radius 1 is 1.00 bits per heavy atom. The van der Waals surface area contributed by atoms with Gasteiger partial charge >= 0.3 is 0 Å². The lowest BCUT2D eigenvalue weighted by Crippen LogP contribution is -2.26. The van der Waals surface area contributed by atoms with Crippen LogP contribution >= 0.6 is 11.6 Å². The molecule has 5 nitrogen and oxygen atoms in total. The summed E-state index contributed by atoms with van der Waals surface area (Å²) in [6.07, 6.45) is 0. The Morgan fingerprint density at radius 2 is 1.64 bits per heavy atom. The van der Waals surface area contributed by atoms with Crippen molar-refractivity contribution in [3.63, 3.8) is 0 Å². The highest BCUT2D eigenvalue weighted by molar-refractivity contribution is 6.31. The number of hydrogen-bond donors (Lipinski definition) is 1. The molecule has 0 amide bonds. The number of carboxylic acid groups (broad SMARTS) is 2. The summed E-state index contributed by atoms with van der Waals surface area (Å²) in [5.74, 6) is -2.74. The number of nitrogens with one attached hydrogen (secondary N) is 1. The van der Waals surface area contributed by atoms with Gasteiger partial charge in [0, 0.05) is 21.8 Å². The molecule has 114 valence electrons. The van der Waals surface area contributed by atoms with Crippen molar-refractivity contribution in [3.05, 3.63) is 57.6 Å². The number of carboxylic acids is 2. The van der Waals surface area contributed by atoms with Crippen LogP contribution in [0.2, 0.25) is 5.02 Å². The lowest BCUT2D eigenvalue weighted by Gasteiger charge is -2.20. The Kier molecular flexibility index (Phi) is 4.37. The summed E-state index contributed by atoms with van der Waals surface area (Å²) < 4.78 is 0. The van der Waals surface area contributed by atoms with Gasteiger partial charge in [-0.25, -0.2) is 0 Å². The largest absolute Gasteiger partial charge is 0.545 e. The van der Waals surface area contributed by atoms with Crippen molar-refractivity contribution < 1.29 is 19.8 Å². The third-order valence-corrected chi connectivity index (χ3v) is 3.52. The topological polar surface area (TPSA) is 92.3 Å². The molecule has 2 rings (SSSR count). The van der Waals surface area contributed by atoms with E-state index in [0.29, 0.717) is 16.1 Å². The van der Waals surface area contributed by atoms with Crippen molar-refractivity contribution >= 4 is 34.9 Å². The molecule has 0 heterocycles. The maximum atomic E-state index is 11.4. The zero-order chi connectivity index (χ0) is 16.4. The molecule has 22 heavy (non-hydrogen) atoms. The van der Waals surface area contributed by atoms with E-state index in [1.165, 1.54) is 18.2 Å². The molecule has 0 saturated heterocycles. The van der Waals surface area contributed by atoms with Gasteiger partial charge in [-0.3, -0.25) is 0 Å². The van der Waals surface area contributed by atoms with Gasteiger partial charge in [-0.1, -0.05) is 23.7 Å². The molecule has 0 aliphatic heterocycles. The third-order valence-electron chi connectivity index (χ3n) is 3.29. The molecule has 2 aromatic rings. The van der Waals surface area contributed by atoms with Crippen molar-refractivity contribution in [3.8, 4) is 0 Å². The second-order valence-corrected chi connectivity index (χ2v) is 5.28. The van der Waals surface area contributed by atoms with E-state index in [2.05, 4.69) is 5.32 Å². The summed E-state index contributed by atoms with van der Waals surface area (Å²) in [5.41, 5.74) is 1.42. The highest BCUT2D eigenvalue weighted by Gasteiger charge is 2.13. The normalized spacial score (nSPS) is 10.3. The van der Waals surface area contributed by atoms with Crippen LogP contribution in [0.4, 0.5) is 11.4 Å². The Bertz CT molecular complexity index is 771. The molecule has 0 aliphatic rings. The van der Waals surface area contributed by atoms with E-state index >= 15 is 0 Å². The second-order valence-electron chi connectivity index (χ2n) is 4.84. The fourth-order valence-electron chi connectivity index (χ4n) is 2.17. The average molecular weight is 318 g/mol. The van der Waals surface area contributed by atoms with E-state index in [-0.39, 0.29) is 22.5 Å². The number of aromatic carboxylic acids is 2. The third kappa shape index (κ3) is 3.04. The van der Waals surface area contributed by atoms with Gasteiger partial charge in [0.25, 0.3) is 0 Å². The first-order valence-corrected chi connectivity index (χ1v) is 6.78. The molecular weight excluding hydrogens is 306 g/mol. The van der Waals surface area contributed by atoms with Crippen molar-refractivity contribution in [1.29, 1.82) is 0 Å². The van der Waals surface area contributed by atoms with Gasteiger partial charge < -0.3 is 25.1 Å². The molecule has 0 atom stereocenters. The lowest BCUT2D eigenvalue weighted by atomic mass is 10.0. The van der Waals surface area contributed by atoms with Gasteiger partial charge in [-0.15, -0.1) is 0 Å². The number of carbonyl (C=O) groups is 2. The first-order chi connectivity index (χ1) is 10.3. The van der Waals surface area contributed by atoms with E-state index < -0.39 is 11.9 Å². The predicted octanol–water partition coefficient (Wildman–Crippen LogP) is 1.43. The maximum absolute atomic E-state index is 11.4. The Morgan fingerprint density at radius 3 is 2.23 bits per heavy atom. The van der Waals surface area contributed by atoms with Crippen LogP contribution in [0.3, 0.4) is 0 Å². The SMILES string of the molecule is Cc1ccc(C)c(C(=O)[O-])c1Nc1cc(Cl)ccc1C(=O)[O-]. The van der Waals surface area contributed by atoms with Gasteiger partial charge in [0.1, 0.15) is 0 Å². The van der Waals surface area contributed by atoms with Crippen molar-refractivity contribution in [2.75, 3.05) is 5.32 Å². The molecule has 0 saturated carbocycles. The molecule has 2 aromatic carbocycles. The molecular formula is C16H12ClNO4-2. The molecule has 0 fully saturated rings. The second kappa shape index (κ2) is 6.07. The molecule has 0 bridgehead atoms. The summed E-state index contributed by atoms with van der Waals surface area (Å²) in [6.45, 7) is 3.34. The number of halogens is 1. The molecule has 0 aliphatic carbocycles. The van der Waals surface area contributed by atoms with Crippen molar-refractivity contribution in [2.24, 2.45) is 0 Å². The van der Waals surface area contributed by atoms with E-state index in [4.69, 9.17) is 11.6 Å². The monoisotopic (exact) mass is 317 g/mol. The minimum atomic E-state index is -1.39. The van der Waals surface area contributed by atoms with E-state index in [1.807, 2.05) is 0 Å². The van der Waals surface area contributed by atoms with Crippen LogP contribution in [0.15, 0.2) is 30.3 Å². The summed E-state index contributed by atoms with van der Waals surface area (Å²) in [5, 5.41) is 25.7. The fourth-order valence-corrected chi connectivity index (χ4v) is 2.34. The van der Waals surface area contributed by atoms with Gasteiger partial charge in [-0.2, -0.15) is 0 Å². The first-order valence-electron chi connectivity index (χ1n) is 6.40. The highest BCUT2D eigenvalue weighted by Crippen LogP contribution is 2.30. The van der Waals surface area contributed by atoms with Crippen LogP contribution in [0.5, 0.6) is 0 Å². The van der Waals surface area contributed by atoms with Crippen LogP contribution in [0.25, 0.3) is 0 Å². The average Bonchev–Trinajstić information content (AvgIpc) is 2.42. The predicted molar refractivity (Wildman–Crippen MR) is 79.3 cm³/mol. The molecule has 0 spiro atoms. The minimum absolute atomic E-state index is 0.0238. The van der Waals surface area contributed by atoms with E-state index in [9.17, 15) is 19.8 Å². The quantitative estimate of drug-likeness (QED) is 0.920. The molecule has 1 N–H and O–H groups in total. The van der Waals surface area contributed by atoms with Gasteiger partial charge in [0.2, 0.25) is 0 Å². The van der Waals surface area contributed by atoms with Crippen LogP contribution in [-0.4, -0.2) is 11.9 Å². The maximum Gasteiger partial charge on any atom is 0.0738 e. The zero-order valence-electron chi connectivity index (χ0n) is 11.9. The number of benzene rings is 2. The number of aryl methyl sites for hydroxylation is 2. The Balaban J connectivity index is 2.61.